The van der Waals surface area contributed by atoms with Gasteiger partial charge in [-0.15, -0.1) is 11.3 Å². The number of thiazole rings is 1. The summed E-state index contributed by atoms with van der Waals surface area (Å²) >= 11 is 1.58. The second kappa shape index (κ2) is 7.95. The number of nitrogens with zero attached hydrogens (tertiary/aromatic N) is 4. The molecule has 0 N–H and O–H groups in total. The highest BCUT2D eigenvalue weighted by molar-refractivity contribution is 7.89. The number of rotatable bonds is 5. The van der Waals surface area contributed by atoms with E-state index in [1.807, 2.05) is 24.4 Å². The molecule has 1 aliphatic heterocycles. The Morgan fingerprint density at radius 1 is 1.28 bits per heavy atom. The van der Waals surface area contributed by atoms with Crippen LogP contribution in [0.3, 0.4) is 0 Å². The van der Waals surface area contributed by atoms with E-state index < -0.39 is 10.0 Å². The van der Waals surface area contributed by atoms with E-state index >= 15 is 0 Å². The second-order valence-corrected chi connectivity index (χ2v) is 9.93. The Hall–Kier alpha value is -2.73. The minimum atomic E-state index is -3.61. The van der Waals surface area contributed by atoms with E-state index in [9.17, 15) is 8.42 Å². The van der Waals surface area contributed by atoms with Gasteiger partial charge in [0.2, 0.25) is 10.0 Å². The highest BCUT2D eigenvalue weighted by Gasteiger charge is 2.33. The number of aromatic nitrogens is 1. The van der Waals surface area contributed by atoms with Crippen LogP contribution in [0, 0.1) is 6.57 Å². The summed E-state index contributed by atoms with van der Waals surface area (Å²) in [5.74, 6) is 0. The summed E-state index contributed by atoms with van der Waals surface area (Å²) in [6.07, 6.45) is 2.41. The van der Waals surface area contributed by atoms with Crippen molar-refractivity contribution in [1.82, 2.24) is 9.29 Å². The third-order valence-corrected chi connectivity index (χ3v) is 7.87. The van der Waals surface area contributed by atoms with Crippen LogP contribution in [-0.2, 0) is 23.0 Å². The van der Waals surface area contributed by atoms with Gasteiger partial charge >= 0.3 is 0 Å². The lowest BCUT2D eigenvalue weighted by Gasteiger charge is -2.39. The molecule has 8 heteroatoms. The Labute approximate surface area is 174 Å². The van der Waals surface area contributed by atoms with Crippen LogP contribution in [0.15, 0.2) is 65.1 Å². The van der Waals surface area contributed by atoms with Crippen molar-refractivity contribution in [3.63, 3.8) is 0 Å². The number of hydrogen-bond donors (Lipinski definition) is 0. The molecule has 1 aliphatic rings. The van der Waals surface area contributed by atoms with Crippen molar-refractivity contribution < 1.29 is 8.42 Å². The molecule has 29 heavy (non-hydrogen) atoms. The molecule has 3 aromatic rings. The van der Waals surface area contributed by atoms with E-state index in [0.717, 1.165) is 16.1 Å². The number of sulfonamides is 1. The van der Waals surface area contributed by atoms with Crippen molar-refractivity contribution in [2.24, 2.45) is 0 Å². The molecule has 2 aromatic carbocycles. The molecular weight excluding hydrogens is 404 g/mol. The van der Waals surface area contributed by atoms with Gasteiger partial charge in [-0.05, 0) is 30.2 Å². The quantitative estimate of drug-likeness (QED) is 0.582. The molecule has 1 aromatic heterocycles. The number of benzene rings is 2. The summed E-state index contributed by atoms with van der Waals surface area (Å²) in [7, 11) is -1.97. The van der Waals surface area contributed by atoms with Gasteiger partial charge in [-0.25, -0.2) is 13.3 Å². The van der Waals surface area contributed by atoms with Crippen LogP contribution >= 0.6 is 11.3 Å². The van der Waals surface area contributed by atoms with E-state index in [1.54, 1.807) is 54.2 Å². The summed E-state index contributed by atoms with van der Waals surface area (Å²) in [6.45, 7) is 8.55. The SMILES string of the molecule is [C-]#[N+]c1ccc2c(c1)C[C@@H](N(C)S(=O)(=O)c1ccccc1)CN2Cc1cncs1. The second-order valence-electron chi connectivity index (χ2n) is 6.97. The van der Waals surface area contributed by atoms with Gasteiger partial charge in [-0.3, -0.25) is 4.98 Å². The average molecular weight is 425 g/mol. The first-order chi connectivity index (χ1) is 14.0. The molecule has 0 bridgehead atoms. The Bertz CT molecular complexity index is 1140. The number of fused-ring (bicyclic) bond motifs is 1. The molecule has 0 spiro atoms. The maximum Gasteiger partial charge on any atom is 0.243 e. The monoisotopic (exact) mass is 424 g/mol. The van der Waals surface area contributed by atoms with Gasteiger partial charge in [0.15, 0.2) is 5.69 Å². The maximum absolute atomic E-state index is 13.1. The molecule has 0 saturated heterocycles. The molecule has 0 saturated carbocycles. The highest BCUT2D eigenvalue weighted by atomic mass is 32.2. The Kier molecular flexibility index (Phi) is 5.37. The zero-order chi connectivity index (χ0) is 20.4. The van der Waals surface area contributed by atoms with Crippen molar-refractivity contribution in [2.75, 3.05) is 18.5 Å². The number of anilines is 1. The van der Waals surface area contributed by atoms with Crippen molar-refractivity contribution in [3.8, 4) is 0 Å². The van der Waals surface area contributed by atoms with E-state index in [1.165, 1.54) is 4.31 Å². The highest BCUT2D eigenvalue weighted by Crippen LogP contribution is 2.34. The third-order valence-electron chi connectivity index (χ3n) is 5.18. The van der Waals surface area contributed by atoms with Crippen molar-refractivity contribution in [3.05, 3.63) is 82.1 Å². The molecule has 0 fully saturated rings. The van der Waals surface area contributed by atoms with Crippen LogP contribution in [0.4, 0.5) is 11.4 Å². The number of hydrogen-bond acceptors (Lipinski definition) is 5. The topological polar surface area (TPSA) is 57.9 Å². The lowest BCUT2D eigenvalue weighted by molar-refractivity contribution is 0.354. The average Bonchev–Trinajstić information content (AvgIpc) is 3.26. The zero-order valence-electron chi connectivity index (χ0n) is 15.9. The summed E-state index contributed by atoms with van der Waals surface area (Å²) in [5, 5.41) is 0. The van der Waals surface area contributed by atoms with Crippen LogP contribution in [0.25, 0.3) is 4.85 Å². The lowest BCUT2D eigenvalue weighted by atomic mass is 9.97. The van der Waals surface area contributed by atoms with Crippen LogP contribution in [0.2, 0.25) is 0 Å². The van der Waals surface area contributed by atoms with Gasteiger partial charge in [0.25, 0.3) is 0 Å². The number of likely N-dealkylation sites (N-methyl/N-ethyl adjacent to an activating group) is 1. The first kappa shape index (κ1) is 19.6. The molecule has 0 radical (unpaired) electrons. The van der Waals surface area contributed by atoms with Gasteiger partial charge in [-0.1, -0.05) is 30.3 Å². The lowest BCUT2D eigenvalue weighted by Crippen LogP contribution is -2.48. The summed E-state index contributed by atoms with van der Waals surface area (Å²) in [5.41, 5.74) is 4.41. The molecule has 4 rings (SSSR count). The largest absolute Gasteiger partial charge is 0.365 e. The van der Waals surface area contributed by atoms with E-state index in [-0.39, 0.29) is 10.9 Å². The van der Waals surface area contributed by atoms with E-state index in [2.05, 4.69) is 14.7 Å². The fraction of sp³-hybridized carbons (Fsp3) is 0.238. The van der Waals surface area contributed by atoms with Crippen LogP contribution < -0.4 is 4.90 Å². The minimum Gasteiger partial charge on any atom is -0.365 e. The van der Waals surface area contributed by atoms with Crippen molar-refractivity contribution in [1.29, 1.82) is 0 Å². The van der Waals surface area contributed by atoms with Crippen molar-refractivity contribution >= 4 is 32.7 Å². The van der Waals surface area contributed by atoms with Gasteiger partial charge in [0.05, 0.1) is 23.5 Å². The standard InChI is InChI=1S/C21H20N4O2S2/c1-22-17-8-9-21-16(10-17)11-18(13-25(21)14-19-12-23-15-28-19)24(2)29(26,27)20-6-4-3-5-7-20/h3-10,12,15,18H,11,13-14H2,2H3/t18-/m1/s1. The molecule has 0 aliphatic carbocycles. The van der Waals surface area contributed by atoms with Crippen LogP contribution in [-0.4, -0.2) is 37.3 Å². The Morgan fingerprint density at radius 2 is 2.07 bits per heavy atom. The van der Waals surface area contributed by atoms with Gasteiger partial charge in [0.1, 0.15) is 0 Å². The molecule has 1 atom stereocenters. The van der Waals surface area contributed by atoms with Crippen molar-refractivity contribution in [2.45, 2.75) is 23.9 Å². The molecule has 0 unspecified atom stereocenters. The third kappa shape index (κ3) is 3.90. The predicted molar refractivity (Wildman–Crippen MR) is 115 cm³/mol. The minimum absolute atomic E-state index is 0.235. The van der Waals surface area contributed by atoms with Crippen LogP contribution in [0.1, 0.15) is 10.4 Å². The Balaban J connectivity index is 1.69. The summed E-state index contributed by atoms with van der Waals surface area (Å²) < 4.78 is 27.7. The van der Waals surface area contributed by atoms with E-state index in [4.69, 9.17) is 6.57 Å². The first-order valence-electron chi connectivity index (χ1n) is 9.15. The summed E-state index contributed by atoms with van der Waals surface area (Å²) in [4.78, 5) is 11.3. The molecule has 148 valence electrons. The van der Waals surface area contributed by atoms with Crippen LogP contribution in [0.5, 0.6) is 0 Å². The van der Waals surface area contributed by atoms with Gasteiger partial charge in [-0.2, -0.15) is 4.31 Å². The van der Waals surface area contributed by atoms with E-state index in [0.29, 0.717) is 25.2 Å². The molecular formula is C21H20N4O2S2. The smallest absolute Gasteiger partial charge is 0.243 e. The van der Waals surface area contributed by atoms with Gasteiger partial charge in [0, 0.05) is 36.4 Å². The Morgan fingerprint density at radius 3 is 2.76 bits per heavy atom. The predicted octanol–water partition coefficient (Wildman–Crippen LogP) is 3.95. The van der Waals surface area contributed by atoms with Gasteiger partial charge < -0.3 is 4.90 Å². The molecule has 6 nitrogen and oxygen atoms in total. The fourth-order valence-electron chi connectivity index (χ4n) is 3.64. The zero-order valence-corrected chi connectivity index (χ0v) is 17.5. The fourth-order valence-corrected chi connectivity index (χ4v) is 5.62. The maximum atomic E-state index is 13.1. The normalized spacial score (nSPS) is 16.4. The molecule has 2 heterocycles. The first-order valence-corrected chi connectivity index (χ1v) is 11.5. The summed E-state index contributed by atoms with van der Waals surface area (Å²) in [6, 6.07) is 13.9. The molecule has 0 amide bonds.